The molecule has 0 amide bonds. The van der Waals surface area contributed by atoms with Gasteiger partial charge in [0.05, 0.1) is 11.3 Å². The Bertz CT molecular complexity index is 607. The molecule has 0 aliphatic rings. The van der Waals surface area contributed by atoms with Crippen LogP contribution < -0.4 is 0 Å². The van der Waals surface area contributed by atoms with Crippen LogP contribution >= 0.6 is 27.5 Å². The summed E-state index contributed by atoms with van der Waals surface area (Å²) in [6.07, 6.45) is 0.432. The van der Waals surface area contributed by atoms with Crippen LogP contribution in [-0.2, 0) is 19.1 Å². The topological polar surface area (TPSA) is 38.0 Å². The van der Waals surface area contributed by atoms with Gasteiger partial charge in [0.15, 0.2) is 0 Å². The van der Waals surface area contributed by atoms with Crippen LogP contribution in [0, 0.1) is 6.92 Å². The molecular formula is C14H16BrClN2O. The maximum atomic E-state index is 10.7. The van der Waals surface area contributed by atoms with Gasteiger partial charge in [-0.1, -0.05) is 39.7 Å². The van der Waals surface area contributed by atoms with E-state index in [1.54, 1.807) is 18.7 Å². The third kappa shape index (κ3) is 3.02. The van der Waals surface area contributed by atoms with E-state index in [4.69, 9.17) is 11.6 Å². The van der Waals surface area contributed by atoms with Crippen LogP contribution in [0.15, 0.2) is 28.7 Å². The average Bonchev–Trinajstić information content (AvgIpc) is 2.56. The van der Waals surface area contributed by atoms with Crippen LogP contribution in [0.1, 0.15) is 23.7 Å². The van der Waals surface area contributed by atoms with E-state index in [0.29, 0.717) is 11.6 Å². The van der Waals surface area contributed by atoms with Crippen LogP contribution in [0.5, 0.6) is 0 Å². The smallest absolute Gasteiger partial charge is 0.130 e. The lowest BCUT2D eigenvalue weighted by molar-refractivity contribution is 0.0574. The molecule has 5 heteroatoms. The second kappa shape index (κ2) is 5.27. The highest BCUT2D eigenvalue weighted by molar-refractivity contribution is 9.10. The summed E-state index contributed by atoms with van der Waals surface area (Å²) in [5.74, 6) is 0. The molecule has 1 atom stereocenters. The van der Waals surface area contributed by atoms with Crippen molar-refractivity contribution < 1.29 is 5.11 Å². The molecule has 2 rings (SSSR count). The van der Waals surface area contributed by atoms with Gasteiger partial charge in [-0.25, -0.2) is 0 Å². The van der Waals surface area contributed by atoms with Crippen molar-refractivity contribution in [2.24, 2.45) is 7.05 Å². The standard InChI is InChI=1S/C14H16BrClN2O/c1-9-12(13(16)18(3)17-9)8-14(2,19)10-5-4-6-11(15)7-10/h4-7,19H,8H2,1-3H3. The highest BCUT2D eigenvalue weighted by Crippen LogP contribution is 2.31. The summed E-state index contributed by atoms with van der Waals surface area (Å²) in [6.45, 7) is 3.69. The van der Waals surface area contributed by atoms with Crippen molar-refractivity contribution in [1.29, 1.82) is 0 Å². The van der Waals surface area contributed by atoms with Crippen molar-refractivity contribution in [1.82, 2.24) is 9.78 Å². The Morgan fingerprint density at radius 3 is 2.68 bits per heavy atom. The molecule has 1 unspecified atom stereocenters. The van der Waals surface area contributed by atoms with Gasteiger partial charge in [0.2, 0.25) is 0 Å². The summed E-state index contributed by atoms with van der Waals surface area (Å²) < 4.78 is 2.57. The van der Waals surface area contributed by atoms with Crippen LogP contribution in [-0.4, -0.2) is 14.9 Å². The highest BCUT2D eigenvalue weighted by atomic mass is 79.9. The number of aryl methyl sites for hydroxylation is 2. The number of benzene rings is 1. The molecule has 19 heavy (non-hydrogen) atoms. The molecule has 1 aromatic carbocycles. The lowest BCUT2D eigenvalue weighted by Gasteiger charge is -2.24. The van der Waals surface area contributed by atoms with Gasteiger partial charge in [-0.2, -0.15) is 5.10 Å². The number of hydrogen-bond donors (Lipinski definition) is 1. The van der Waals surface area contributed by atoms with E-state index in [2.05, 4.69) is 21.0 Å². The minimum atomic E-state index is -0.985. The number of hydrogen-bond acceptors (Lipinski definition) is 2. The second-order valence-corrected chi connectivity index (χ2v) is 6.21. The molecule has 102 valence electrons. The lowest BCUT2D eigenvalue weighted by Crippen LogP contribution is -2.24. The quantitative estimate of drug-likeness (QED) is 0.925. The van der Waals surface area contributed by atoms with Gasteiger partial charge < -0.3 is 5.11 Å². The first-order valence-corrected chi connectivity index (χ1v) is 7.15. The summed E-state index contributed by atoms with van der Waals surface area (Å²) in [6, 6.07) is 7.66. The van der Waals surface area contributed by atoms with Crippen LogP contribution in [0.2, 0.25) is 5.15 Å². The SMILES string of the molecule is Cc1nn(C)c(Cl)c1CC(C)(O)c1cccc(Br)c1. The molecule has 0 saturated carbocycles. The first-order chi connectivity index (χ1) is 8.81. The fourth-order valence-corrected chi connectivity index (χ4v) is 2.79. The zero-order chi connectivity index (χ0) is 14.2. The van der Waals surface area contributed by atoms with Gasteiger partial charge in [-0.15, -0.1) is 0 Å². The Labute approximate surface area is 126 Å². The van der Waals surface area contributed by atoms with Crippen LogP contribution in [0.25, 0.3) is 0 Å². The molecule has 0 radical (unpaired) electrons. The molecule has 0 fully saturated rings. The third-order valence-corrected chi connectivity index (χ3v) is 4.20. The molecule has 0 aliphatic heterocycles. The Morgan fingerprint density at radius 2 is 2.16 bits per heavy atom. The molecule has 0 saturated heterocycles. The first-order valence-electron chi connectivity index (χ1n) is 5.97. The van der Waals surface area contributed by atoms with Crippen molar-refractivity contribution in [3.8, 4) is 0 Å². The van der Waals surface area contributed by atoms with Gasteiger partial charge in [-0.3, -0.25) is 4.68 Å². The fourth-order valence-electron chi connectivity index (χ4n) is 2.14. The van der Waals surface area contributed by atoms with E-state index in [-0.39, 0.29) is 0 Å². The minimum absolute atomic E-state index is 0.432. The normalized spacial score (nSPS) is 14.4. The molecule has 3 nitrogen and oxygen atoms in total. The molecule has 1 heterocycles. The molecule has 0 aliphatic carbocycles. The summed E-state index contributed by atoms with van der Waals surface area (Å²) in [7, 11) is 1.80. The summed E-state index contributed by atoms with van der Waals surface area (Å²) in [5, 5.41) is 15.6. The predicted octanol–water partition coefficient (Wildman–Crippen LogP) is 3.59. The summed E-state index contributed by atoms with van der Waals surface area (Å²) in [4.78, 5) is 0. The van der Waals surface area contributed by atoms with Crippen molar-refractivity contribution in [2.75, 3.05) is 0 Å². The molecular weight excluding hydrogens is 328 g/mol. The third-order valence-electron chi connectivity index (χ3n) is 3.24. The Balaban J connectivity index is 2.36. The Kier molecular flexibility index (Phi) is 4.04. The van der Waals surface area contributed by atoms with Crippen molar-refractivity contribution in [3.05, 3.63) is 50.7 Å². The lowest BCUT2D eigenvalue weighted by atomic mass is 9.89. The molecule has 2 aromatic rings. The minimum Gasteiger partial charge on any atom is -0.385 e. The first kappa shape index (κ1) is 14.6. The Hall–Kier alpha value is -0.840. The monoisotopic (exact) mass is 342 g/mol. The van der Waals surface area contributed by atoms with Crippen molar-refractivity contribution in [2.45, 2.75) is 25.9 Å². The van der Waals surface area contributed by atoms with Gasteiger partial charge in [0.25, 0.3) is 0 Å². The predicted molar refractivity (Wildman–Crippen MR) is 80.4 cm³/mol. The van der Waals surface area contributed by atoms with Crippen LogP contribution in [0.3, 0.4) is 0 Å². The van der Waals surface area contributed by atoms with Gasteiger partial charge in [0.1, 0.15) is 5.15 Å². The van der Waals surface area contributed by atoms with E-state index >= 15 is 0 Å². The van der Waals surface area contributed by atoms with Gasteiger partial charge in [-0.05, 0) is 31.5 Å². The zero-order valence-electron chi connectivity index (χ0n) is 11.1. The summed E-state index contributed by atoms with van der Waals surface area (Å²) in [5.41, 5.74) is 1.60. The number of aromatic nitrogens is 2. The summed E-state index contributed by atoms with van der Waals surface area (Å²) >= 11 is 9.64. The van der Waals surface area contributed by atoms with E-state index in [9.17, 15) is 5.11 Å². The highest BCUT2D eigenvalue weighted by Gasteiger charge is 2.27. The van der Waals surface area contributed by atoms with E-state index < -0.39 is 5.60 Å². The van der Waals surface area contributed by atoms with E-state index in [1.807, 2.05) is 31.2 Å². The van der Waals surface area contributed by atoms with E-state index in [1.165, 1.54) is 0 Å². The number of rotatable bonds is 3. The van der Waals surface area contributed by atoms with E-state index in [0.717, 1.165) is 21.3 Å². The van der Waals surface area contributed by atoms with Gasteiger partial charge in [0, 0.05) is 23.5 Å². The van der Waals surface area contributed by atoms with Crippen molar-refractivity contribution >= 4 is 27.5 Å². The van der Waals surface area contributed by atoms with Crippen LogP contribution in [0.4, 0.5) is 0 Å². The number of halogens is 2. The molecule has 1 aromatic heterocycles. The zero-order valence-corrected chi connectivity index (χ0v) is 13.5. The van der Waals surface area contributed by atoms with Crippen molar-refractivity contribution in [3.63, 3.8) is 0 Å². The number of aliphatic hydroxyl groups is 1. The fraction of sp³-hybridized carbons (Fsp3) is 0.357. The Morgan fingerprint density at radius 1 is 1.47 bits per heavy atom. The largest absolute Gasteiger partial charge is 0.385 e. The molecule has 0 bridgehead atoms. The maximum absolute atomic E-state index is 10.7. The average molecular weight is 344 g/mol. The molecule has 0 spiro atoms. The van der Waals surface area contributed by atoms with Gasteiger partial charge >= 0.3 is 0 Å². The number of nitrogens with zero attached hydrogens (tertiary/aromatic N) is 2. The second-order valence-electron chi connectivity index (χ2n) is 4.94. The molecule has 1 N–H and O–H groups in total. The maximum Gasteiger partial charge on any atom is 0.130 e.